The molecule has 8 heteroatoms. The van der Waals surface area contributed by atoms with Gasteiger partial charge >= 0.3 is 6.36 Å². The molecule has 0 unspecified atom stereocenters. The van der Waals surface area contributed by atoms with Crippen LogP contribution in [0.3, 0.4) is 0 Å². The second kappa shape index (κ2) is 6.39. The highest BCUT2D eigenvalue weighted by Crippen LogP contribution is 2.28. The lowest BCUT2D eigenvalue weighted by molar-refractivity contribution is -0.274. The van der Waals surface area contributed by atoms with Gasteiger partial charge in [0, 0.05) is 23.0 Å². The van der Waals surface area contributed by atoms with E-state index >= 15 is 0 Å². The zero-order valence-electron chi connectivity index (χ0n) is 14.1. The average Bonchev–Trinajstić information content (AvgIpc) is 3.03. The van der Waals surface area contributed by atoms with Crippen molar-refractivity contribution in [3.05, 3.63) is 66.6 Å². The number of fused-ring (bicyclic) bond motifs is 1. The maximum absolute atomic E-state index is 12.5. The summed E-state index contributed by atoms with van der Waals surface area (Å²) in [4.78, 5) is 8.45. The quantitative estimate of drug-likeness (QED) is 0.526. The Morgan fingerprint density at radius 1 is 0.963 bits per heavy atom. The van der Waals surface area contributed by atoms with Crippen LogP contribution in [0.4, 0.5) is 13.2 Å². The average molecular weight is 370 g/mol. The summed E-state index contributed by atoms with van der Waals surface area (Å²) in [5.41, 5.74) is 4.11. The van der Waals surface area contributed by atoms with Crippen LogP contribution in [-0.2, 0) is 0 Å². The van der Waals surface area contributed by atoms with E-state index in [2.05, 4.69) is 19.8 Å². The number of benzene rings is 1. The minimum atomic E-state index is -4.75. The number of hydrogen-bond acceptors (Lipinski definition) is 4. The van der Waals surface area contributed by atoms with E-state index in [-0.39, 0.29) is 5.75 Å². The first-order chi connectivity index (χ1) is 12.9. The van der Waals surface area contributed by atoms with Gasteiger partial charge in [0.25, 0.3) is 0 Å². The van der Waals surface area contributed by atoms with Crippen molar-refractivity contribution in [1.82, 2.24) is 19.6 Å². The van der Waals surface area contributed by atoms with E-state index in [0.717, 1.165) is 11.3 Å². The van der Waals surface area contributed by atoms with Gasteiger partial charge in [0.05, 0.1) is 17.6 Å². The number of hydrogen-bond donors (Lipinski definition) is 0. The van der Waals surface area contributed by atoms with Crippen molar-refractivity contribution >= 4 is 5.65 Å². The summed E-state index contributed by atoms with van der Waals surface area (Å²) >= 11 is 0. The lowest BCUT2D eigenvalue weighted by Gasteiger charge is -2.10. The van der Waals surface area contributed by atoms with E-state index in [1.165, 1.54) is 18.2 Å². The molecule has 0 saturated carbocycles. The third kappa shape index (κ3) is 3.59. The monoisotopic (exact) mass is 370 g/mol. The summed E-state index contributed by atoms with van der Waals surface area (Å²) in [6.07, 6.45) is -1.48. The molecule has 3 aromatic heterocycles. The summed E-state index contributed by atoms with van der Waals surface area (Å²) in [6, 6.07) is 13.1. The highest BCUT2D eigenvalue weighted by molar-refractivity contribution is 5.67. The van der Waals surface area contributed by atoms with Crippen molar-refractivity contribution in [3.8, 4) is 28.3 Å². The summed E-state index contributed by atoms with van der Waals surface area (Å²) in [7, 11) is 0. The smallest absolute Gasteiger partial charge is 0.406 e. The lowest BCUT2D eigenvalue weighted by atomic mass is 10.1. The Hall–Kier alpha value is -3.42. The lowest BCUT2D eigenvalue weighted by Crippen LogP contribution is -2.17. The van der Waals surface area contributed by atoms with E-state index in [0.29, 0.717) is 22.6 Å². The molecule has 0 amide bonds. The third-order valence-corrected chi connectivity index (χ3v) is 3.92. The Bertz CT molecular complexity index is 1120. The molecule has 3 heterocycles. The summed E-state index contributed by atoms with van der Waals surface area (Å²) in [5, 5.41) is 4.59. The van der Waals surface area contributed by atoms with E-state index in [1.807, 2.05) is 25.1 Å². The molecular formula is C19H13F3N4O. The maximum atomic E-state index is 12.5. The van der Waals surface area contributed by atoms with Crippen LogP contribution in [0.1, 0.15) is 5.69 Å². The zero-order chi connectivity index (χ0) is 19.0. The molecule has 0 atom stereocenters. The van der Waals surface area contributed by atoms with Crippen LogP contribution < -0.4 is 4.74 Å². The Labute approximate surface area is 152 Å². The first-order valence-electron chi connectivity index (χ1n) is 8.03. The molecule has 1 aromatic carbocycles. The fraction of sp³-hybridized carbons (Fsp3) is 0.105. The van der Waals surface area contributed by atoms with Gasteiger partial charge in [0.1, 0.15) is 5.75 Å². The molecule has 0 spiro atoms. The topological polar surface area (TPSA) is 52.3 Å². The zero-order valence-corrected chi connectivity index (χ0v) is 14.1. The minimum absolute atomic E-state index is 0.295. The molecule has 0 saturated heterocycles. The van der Waals surface area contributed by atoms with Gasteiger partial charge in [0.15, 0.2) is 5.65 Å². The Morgan fingerprint density at radius 3 is 2.59 bits per heavy atom. The number of aryl methyl sites for hydroxylation is 1. The molecule has 0 radical (unpaired) electrons. The van der Waals surface area contributed by atoms with Gasteiger partial charge in [-0.25, -0.2) is 9.50 Å². The van der Waals surface area contributed by atoms with Gasteiger partial charge in [-0.3, -0.25) is 4.98 Å². The Morgan fingerprint density at radius 2 is 1.81 bits per heavy atom. The maximum Gasteiger partial charge on any atom is 0.573 e. The molecular weight excluding hydrogens is 357 g/mol. The van der Waals surface area contributed by atoms with Gasteiger partial charge in [-0.1, -0.05) is 12.1 Å². The number of halogens is 3. The molecule has 136 valence electrons. The summed E-state index contributed by atoms with van der Waals surface area (Å²) < 4.78 is 43.1. The molecule has 0 aliphatic rings. The number of pyridine rings is 1. The van der Waals surface area contributed by atoms with E-state index in [4.69, 9.17) is 0 Å². The van der Waals surface area contributed by atoms with Crippen molar-refractivity contribution in [1.29, 1.82) is 0 Å². The molecule has 27 heavy (non-hydrogen) atoms. The van der Waals surface area contributed by atoms with E-state index < -0.39 is 6.36 Å². The highest BCUT2D eigenvalue weighted by Gasteiger charge is 2.31. The van der Waals surface area contributed by atoms with Crippen molar-refractivity contribution in [2.24, 2.45) is 0 Å². The molecule has 4 rings (SSSR count). The van der Waals surface area contributed by atoms with Gasteiger partial charge in [0.2, 0.25) is 0 Å². The second-order valence-corrected chi connectivity index (χ2v) is 5.89. The third-order valence-electron chi connectivity index (χ3n) is 3.92. The molecule has 0 fully saturated rings. The molecule has 0 N–H and O–H groups in total. The summed E-state index contributed by atoms with van der Waals surface area (Å²) in [5.74, 6) is -0.295. The number of nitrogens with zero attached hydrogens (tertiary/aromatic N) is 4. The number of aromatic nitrogens is 4. The van der Waals surface area contributed by atoms with E-state index in [1.54, 1.807) is 29.0 Å². The number of imidazole rings is 1. The SMILES string of the molecule is Cc1cc(-c2ccc3ncc(-c4cccc(OC(F)(F)F)c4)n3n2)ccn1. The Balaban J connectivity index is 1.79. The normalized spacial score (nSPS) is 11.7. The second-order valence-electron chi connectivity index (χ2n) is 5.89. The van der Waals surface area contributed by atoms with Crippen molar-refractivity contribution in [3.63, 3.8) is 0 Å². The molecule has 0 aliphatic heterocycles. The molecule has 4 aromatic rings. The summed E-state index contributed by atoms with van der Waals surface area (Å²) in [6.45, 7) is 1.89. The fourth-order valence-corrected chi connectivity index (χ4v) is 2.78. The Kier molecular flexibility index (Phi) is 4.02. The first kappa shape index (κ1) is 17.0. The number of rotatable bonds is 3. The van der Waals surface area contributed by atoms with Gasteiger partial charge < -0.3 is 4.74 Å². The van der Waals surface area contributed by atoms with Crippen LogP contribution in [0.25, 0.3) is 28.2 Å². The van der Waals surface area contributed by atoms with Crippen LogP contribution in [0.5, 0.6) is 5.75 Å². The molecule has 0 aliphatic carbocycles. The van der Waals surface area contributed by atoms with Crippen molar-refractivity contribution in [2.45, 2.75) is 13.3 Å². The predicted molar refractivity (Wildman–Crippen MR) is 93.1 cm³/mol. The highest BCUT2D eigenvalue weighted by atomic mass is 19.4. The molecule has 0 bridgehead atoms. The standard InChI is InChI=1S/C19H13F3N4O/c1-12-9-13(7-8-23-12)16-5-6-18-24-11-17(26(18)25-16)14-3-2-4-15(10-14)27-19(20,21)22/h2-11H,1H3. The van der Waals surface area contributed by atoms with Crippen molar-refractivity contribution in [2.75, 3.05) is 0 Å². The van der Waals surface area contributed by atoms with Gasteiger partial charge in [-0.2, -0.15) is 5.10 Å². The minimum Gasteiger partial charge on any atom is -0.406 e. The van der Waals surface area contributed by atoms with Gasteiger partial charge in [-0.15, -0.1) is 13.2 Å². The van der Waals surface area contributed by atoms with Crippen LogP contribution in [0, 0.1) is 6.92 Å². The van der Waals surface area contributed by atoms with Crippen LogP contribution in [0.15, 0.2) is 60.9 Å². The predicted octanol–water partition coefficient (Wildman–Crippen LogP) is 4.67. The van der Waals surface area contributed by atoms with Crippen molar-refractivity contribution < 1.29 is 17.9 Å². The van der Waals surface area contributed by atoms with E-state index in [9.17, 15) is 13.2 Å². The number of ether oxygens (including phenoxy) is 1. The van der Waals surface area contributed by atoms with Crippen LogP contribution in [-0.4, -0.2) is 25.9 Å². The van der Waals surface area contributed by atoms with Crippen LogP contribution in [0.2, 0.25) is 0 Å². The number of alkyl halides is 3. The first-order valence-corrected chi connectivity index (χ1v) is 8.03. The molecule has 5 nitrogen and oxygen atoms in total. The van der Waals surface area contributed by atoms with Crippen LogP contribution >= 0.6 is 0 Å². The fourth-order valence-electron chi connectivity index (χ4n) is 2.78. The largest absolute Gasteiger partial charge is 0.573 e. The van der Waals surface area contributed by atoms with Gasteiger partial charge in [-0.05, 0) is 43.3 Å².